The maximum atomic E-state index is 11.9. The van der Waals surface area contributed by atoms with Gasteiger partial charge in [-0.3, -0.25) is 0 Å². The van der Waals surface area contributed by atoms with Gasteiger partial charge < -0.3 is 4.74 Å². The Morgan fingerprint density at radius 3 is 2.23 bits per heavy atom. The number of aromatic nitrogens is 2. The molecule has 0 aliphatic heterocycles. The minimum Gasteiger partial charge on any atom is -0.402 e. The fraction of sp³-hybridized carbons (Fsp3) is 0. The lowest BCUT2D eigenvalue weighted by molar-refractivity contribution is 0.0726. The van der Waals surface area contributed by atoms with E-state index in [1.165, 1.54) is 0 Å². The second-order valence-electron chi connectivity index (χ2n) is 4.52. The lowest BCUT2D eigenvalue weighted by Crippen LogP contribution is -2.09. The van der Waals surface area contributed by atoms with Crippen molar-refractivity contribution in [2.24, 2.45) is 0 Å². The van der Waals surface area contributed by atoms with Gasteiger partial charge in [-0.25, -0.2) is 4.79 Å². The van der Waals surface area contributed by atoms with E-state index in [2.05, 4.69) is 10.2 Å². The molecule has 4 nitrogen and oxygen atoms in total. The highest BCUT2D eigenvalue weighted by molar-refractivity contribution is 6.30. The van der Waals surface area contributed by atoms with Crippen LogP contribution in [0.1, 0.15) is 10.4 Å². The summed E-state index contributed by atoms with van der Waals surface area (Å²) >= 11 is 5.78. The van der Waals surface area contributed by atoms with Crippen molar-refractivity contribution in [1.29, 1.82) is 0 Å². The lowest BCUT2D eigenvalue weighted by Gasteiger charge is -2.04. The Balaban J connectivity index is 1.73. The summed E-state index contributed by atoms with van der Waals surface area (Å²) in [5.74, 6) is -0.349. The zero-order valence-corrected chi connectivity index (χ0v) is 12.2. The molecule has 0 fully saturated rings. The Morgan fingerprint density at radius 2 is 1.59 bits per heavy atom. The molecule has 0 unspecified atom stereocenters. The number of hydrogen-bond donors (Lipinski definition) is 0. The first-order valence-corrected chi connectivity index (χ1v) is 6.97. The SMILES string of the molecule is O=C(Oc1ccc(-c2ccccc2)nn1)c1ccc(Cl)cc1. The van der Waals surface area contributed by atoms with Crippen molar-refractivity contribution in [2.75, 3.05) is 0 Å². The number of benzene rings is 2. The predicted octanol–water partition coefficient (Wildman–Crippen LogP) is 4.02. The molecule has 0 aliphatic rings. The summed E-state index contributed by atoms with van der Waals surface area (Å²) in [4.78, 5) is 11.9. The highest BCUT2D eigenvalue weighted by Crippen LogP contribution is 2.18. The molecule has 0 aliphatic carbocycles. The number of rotatable bonds is 3. The van der Waals surface area contributed by atoms with E-state index in [0.29, 0.717) is 16.3 Å². The van der Waals surface area contributed by atoms with Gasteiger partial charge in [-0.05, 0) is 30.3 Å². The third kappa shape index (κ3) is 3.30. The van der Waals surface area contributed by atoms with E-state index >= 15 is 0 Å². The molecule has 0 amide bonds. The van der Waals surface area contributed by atoms with Gasteiger partial charge >= 0.3 is 5.97 Å². The van der Waals surface area contributed by atoms with Crippen molar-refractivity contribution < 1.29 is 9.53 Å². The summed E-state index contributed by atoms with van der Waals surface area (Å²) in [5.41, 5.74) is 2.07. The van der Waals surface area contributed by atoms with Crippen LogP contribution in [0.2, 0.25) is 5.02 Å². The van der Waals surface area contributed by atoms with Crippen LogP contribution in [0.5, 0.6) is 5.88 Å². The Bertz CT molecular complexity index is 772. The average molecular weight is 311 g/mol. The topological polar surface area (TPSA) is 52.1 Å². The summed E-state index contributed by atoms with van der Waals surface area (Å²) in [6, 6.07) is 19.5. The second-order valence-corrected chi connectivity index (χ2v) is 4.96. The predicted molar refractivity (Wildman–Crippen MR) is 83.9 cm³/mol. The fourth-order valence-electron chi connectivity index (χ4n) is 1.88. The zero-order valence-electron chi connectivity index (χ0n) is 11.4. The molecule has 0 radical (unpaired) electrons. The number of esters is 1. The first kappa shape index (κ1) is 14.2. The highest BCUT2D eigenvalue weighted by atomic mass is 35.5. The largest absolute Gasteiger partial charge is 0.402 e. The van der Waals surface area contributed by atoms with Crippen LogP contribution in [0.4, 0.5) is 0 Å². The molecule has 3 rings (SSSR count). The zero-order chi connectivity index (χ0) is 15.4. The van der Waals surface area contributed by atoms with Gasteiger partial charge in [0.2, 0.25) is 5.88 Å². The van der Waals surface area contributed by atoms with Crippen LogP contribution in [0.15, 0.2) is 66.7 Å². The van der Waals surface area contributed by atoms with Crippen molar-refractivity contribution in [2.45, 2.75) is 0 Å². The molecule has 22 heavy (non-hydrogen) atoms. The van der Waals surface area contributed by atoms with E-state index < -0.39 is 5.97 Å². The molecule has 3 aromatic rings. The fourth-order valence-corrected chi connectivity index (χ4v) is 2.00. The van der Waals surface area contributed by atoms with E-state index in [1.807, 2.05) is 30.3 Å². The Kier molecular flexibility index (Phi) is 4.12. The smallest absolute Gasteiger partial charge is 0.344 e. The molecule has 2 aromatic carbocycles. The number of ether oxygens (including phenoxy) is 1. The van der Waals surface area contributed by atoms with Crippen molar-refractivity contribution in [1.82, 2.24) is 10.2 Å². The van der Waals surface area contributed by atoms with Crippen LogP contribution >= 0.6 is 11.6 Å². The minimum atomic E-state index is -0.501. The monoisotopic (exact) mass is 310 g/mol. The molecule has 0 saturated heterocycles. The third-order valence-corrected chi connectivity index (χ3v) is 3.24. The van der Waals surface area contributed by atoms with Crippen LogP contribution in [0.25, 0.3) is 11.3 Å². The number of carbonyl (C=O) groups excluding carboxylic acids is 1. The lowest BCUT2D eigenvalue weighted by atomic mass is 10.1. The molecule has 1 heterocycles. The third-order valence-electron chi connectivity index (χ3n) is 2.99. The van der Waals surface area contributed by atoms with Crippen LogP contribution in [0, 0.1) is 0 Å². The molecule has 0 N–H and O–H groups in total. The first-order chi connectivity index (χ1) is 10.7. The quantitative estimate of drug-likeness (QED) is 0.686. The van der Waals surface area contributed by atoms with Gasteiger partial charge in [-0.15, -0.1) is 10.2 Å². The summed E-state index contributed by atoms with van der Waals surface area (Å²) in [7, 11) is 0. The van der Waals surface area contributed by atoms with E-state index in [1.54, 1.807) is 36.4 Å². The second kappa shape index (κ2) is 6.37. The van der Waals surface area contributed by atoms with E-state index in [4.69, 9.17) is 16.3 Å². The van der Waals surface area contributed by atoms with Gasteiger partial charge in [0, 0.05) is 16.7 Å². The van der Waals surface area contributed by atoms with Gasteiger partial charge in [-0.2, -0.15) is 0 Å². The Labute approximate surface area is 132 Å². The van der Waals surface area contributed by atoms with Crippen LogP contribution in [-0.4, -0.2) is 16.2 Å². The van der Waals surface area contributed by atoms with Crippen molar-refractivity contribution in [3.63, 3.8) is 0 Å². The Hall–Kier alpha value is -2.72. The summed E-state index contributed by atoms with van der Waals surface area (Å²) in [6.45, 7) is 0. The molecular weight excluding hydrogens is 300 g/mol. The molecule has 1 aromatic heterocycles. The summed E-state index contributed by atoms with van der Waals surface area (Å²) < 4.78 is 5.18. The molecule has 108 valence electrons. The molecule has 0 bridgehead atoms. The molecule has 0 spiro atoms. The number of carbonyl (C=O) groups is 1. The van der Waals surface area contributed by atoms with Crippen LogP contribution in [-0.2, 0) is 0 Å². The van der Waals surface area contributed by atoms with Crippen LogP contribution < -0.4 is 4.74 Å². The van der Waals surface area contributed by atoms with Crippen LogP contribution in [0.3, 0.4) is 0 Å². The summed E-state index contributed by atoms with van der Waals surface area (Å²) in [5, 5.41) is 8.54. The maximum Gasteiger partial charge on any atom is 0.344 e. The summed E-state index contributed by atoms with van der Waals surface area (Å²) in [6.07, 6.45) is 0. The van der Waals surface area contributed by atoms with Crippen molar-refractivity contribution in [3.05, 3.63) is 77.3 Å². The van der Waals surface area contributed by atoms with Gasteiger partial charge in [0.25, 0.3) is 0 Å². The minimum absolute atomic E-state index is 0.152. The molecule has 5 heteroatoms. The standard InChI is InChI=1S/C17H11ClN2O2/c18-14-8-6-13(7-9-14)17(21)22-16-11-10-15(19-20-16)12-4-2-1-3-5-12/h1-11H. The number of nitrogens with zero attached hydrogens (tertiary/aromatic N) is 2. The normalized spacial score (nSPS) is 10.2. The number of hydrogen-bond acceptors (Lipinski definition) is 4. The maximum absolute atomic E-state index is 11.9. The molecular formula is C17H11ClN2O2. The molecule has 0 atom stereocenters. The van der Waals surface area contributed by atoms with Gasteiger partial charge in [0.1, 0.15) is 0 Å². The first-order valence-electron chi connectivity index (χ1n) is 6.59. The van der Waals surface area contributed by atoms with Gasteiger partial charge in [0.15, 0.2) is 0 Å². The van der Waals surface area contributed by atoms with Crippen molar-refractivity contribution >= 4 is 17.6 Å². The average Bonchev–Trinajstić information content (AvgIpc) is 2.57. The van der Waals surface area contributed by atoms with Gasteiger partial charge in [0.05, 0.1) is 11.3 Å². The van der Waals surface area contributed by atoms with Gasteiger partial charge in [-0.1, -0.05) is 41.9 Å². The van der Waals surface area contributed by atoms with E-state index in [9.17, 15) is 4.79 Å². The highest BCUT2D eigenvalue weighted by Gasteiger charge is 2.10. The Morgan fingerprint density at radius 1 is 0.864 bits per heavy atom. The van der Waals surface area contributed by atoms with E-state index in [0.717, 1.165) is 5.56 Å². The number of halogens is 1. The van der Waals surface area contributed by atoms with E-state index in [-0.39, 0.29) is 5.88 Å². The molecule has 0 saturated carbocycles. The van der Waals surface area contributed by atoms with Crippen molar-refractivity contribution in [3.8, 4) is 17.1 Å².